The van der Waals surface area contributed by atoms with E-state index in [1.54, 1.807) is 18.5 Å². The third-order valence-corrected chi connectivity index (χ3v) is 3.33. The van der Waals surface area contributed by atoms with Crippen molar-refractivity contribution in [3.8, 4) is 0 Å². The Hall–Kier alpha value is -2.43. The fraction of sp³-hybridized carbons (Fsp3) is 0.267. The number of anilines is 1. The standard InChI is InChI=1S/C15H16N4O/c20-14-9-13(18-15-16-7-4-8-17-15)11-19(14)10-12-5-2-1-3-6-12/h1-8,13H,9-11H2,(H,16,17,18). The molecule has 1 N–H and O–H groups in total. The summed E-state index contributed by atoms with van der Waals surface area (Å²) in [6.07, 6.45) is 3.87. The Bertz CT molecular complexity index is 573. The number of amides is 1. The Balaban J connectivity index is 1.61. The molecule has 1 aromatic heterocycles. The minimum absolute atomic E-state index is 0.0774. The van der Waals surface area contributed by atoms with Crippen LogP contribution in [0.1, 0.15) is 12.0 Å². The molecule has 1 amide bonds. The molecule has 1 unspecified atom stereocenters. The zero-order valence-corrected chi connectivity index (χ0v) is 11.1. The van der Waals surface area contributed by atoms with Crippen LogP contribution < -0.4 is 5.32 Å². The van der Waals surface area contributed by atoms with Gasteiger partial charge in [0.15, 0.2) is 0 Å². The first-order valence-corrected chi connectivity index (χ1v) is 6.66. The van der Waals surface area contributed by atoms with E-state index in [1.807, 2.05) is 35.2 Å². The molecular weight excluding hydrogens is 252 g/mol. The lowest BCUT2D eigenvalue weighted by Crippen LogP contribution is -2.27. The molecule has 20 heavy (non-hydrogen) atoms. The monoisotopic (exact) mass is 268 g/mol. The number of rotatable bonds is 4. The lowest BCUT2D eigenvalue weighted by molar-refractivity contribution is -0.128. The number of nitrogens with one attached hydrogen (secondary N) is 1. The van der Waals surface area contributed by atoms with Gasteiger partial charge in [0.25, 0.3) is 0 Å². The van der Waals surface area contributed by atoms with Gasteiger partial charge in [-0.05, 0) is 11.6 Å². The van der Waals surface area contributed by atoms with Gasteiger partial charge in [0.05, 0.1) is 6.04 Å². The highest BCUT2D eigenvalue weighted by Gasteiger charge is 2.29. The van der Waals surface area contributed by atoms with Gasteiger partial charge in [0.1, 0.15) is 0 Å². The van der Waals surface area contributed by atoms with Crippen LogP contribution in [-0.2, 0) is 11.3 Å². The van der Waals surface area contributed by atoms with Crippen LogP contribution >= 0.6 is 0 Å². The summed E-state index contributed by atoms with van der Waals surface area (Å²) >= 11 is 0. The summed E-state index contributed by atoms with van der Waals surface area (Å²) in [6.45, 7) is 1.35. The van der Waals surface area contributed by atoms with Gasteiger partial charge in [-0.15, -0.1) is 0 Å². The van der Waals surface area contributed by atoms with E-state index in [0.29, 0.717) is 25.5 Å². The van der Waals surface area contributed by atoms with Crippen molar-refractivity contribution in [1.29, 1.82) is 0 Å². The van der Waals surface area contributed by atoms with Crippen molar-refractivity contribution in [3.63, 3.8) is 0 Å². The van der Waals surface area contributed by atoms with Crippen molar-refractivity contribution in [2.24, 2.45) is 0 Å². The van der Waals surface area contributed by atoms with Crippen molar-refractivity contribution in [3.05, 3.63) is 54.4 Å². The predicted octanol–water partition coefficient (Wildman–Crippen LogP) is 1.69. The third-order valence-electron chi connectivity index (χ3n) is 3.33. The van der Waals surface area contributed by atoms with E-state index in [1.165, 1.54) is 0 Å². The first kappa shape index (κ1) is 12.6. The van der Waals surface area contributed by atoms with Gasteiger partial charge in [-0.3, -0.25) is 4.79 Å². The molecule has 1 aromatic carbocycles. The highest BCUT2D eigenvalue weighted by atomic mass is 16.2. The van der Waals surface area contributed by atoms with Gasteiger partial charge < -0.3 is 10.2 Å². The molecule has 1 saturated heterocycles. The normalized spacial score (nSPS) is 18.3. The summed E-state index contributed by atoms with van der Waals surface area (Å²) < 4.78 is 0. The fourth-order valence-electron chi connectivity index (χ4n) is 2.38. The lowest BCUT2D eigenvalue weighted by Gasteiger charge is -2.17. The number of benzene rings is 1. The van der Waals surface area contributed by atoms with Gasteiger partial charge in [-0.25, -0.2) is 9.97 Å². The molecule has 0 spiro atoms. The van der Waals surface area contributed by atoms with Crippen molar-refractivity contribution >= 4 is 11.9 Å². The molecule has 5 nitrogen and oxygen atoms in total. The maximum atomic E-state index is 12.0. The van der Waals surface area contributed by atoms with Gasteiger partial charge >= 0.3 is 0 Å². The quantitative estimate of drug-likeness (QED) is 0.916. The summed E-state index contributed by atoms with van der Waals surface area (Å²) in [4.78, 5) is 22.1. The van der Waals surface area contributed by atoms with Gasteiger partial charge in [-0.1, -0.05) is 30.3 Å². The SMILES string of the molecule is O=C1CC(Nc2ncccn2)CN1Cc1ccccc1. The lowest BCUT2D eigenvalue weighted by atomic mass is 10.2. The molecule has 102 valence electrons. The van der Waals surface area contributed by atoms with Gasteiger partial charge in [0.2, 0.25) is 11.9 Å². The van der Waals surface area contributed by atoms with E-state index in [4.69, 9.17) is 0 Å². The number of nitrogens with zero attached hydrogens (tertiary/aromatic N) is 3. The Morgan fingerprint density at radius 1 is 1.15 bits per heavy atom. The number of carbonyl (C=O) groups excluding carboxylic acids is 1. The zero-order valence-electron chi connectivity index (χ0n) is 11.1. The van der Waals surface area contributed by atoms with E-state index in [0.717, 1.165) is 5.56 Å². The van der Waals surface area contributed by atoms with Crippen LogP contribution in [0.3, 0.4) is 0 Å². The first-order valence-electron chi connectivity index (χ1n) is 6.66. The highest BCUT2D eigenvalue weighted by molar-refractivity contribution is 5.79. The zero-order chi connectivity index (χ0) is 13.8. The molecule has 3 rings (SSSR count). The second-order valence-corrected chi connectivity index (χ2v) is 4.88. The Labute approximate surface area is 117 Å². The number of hydrogen-bond acceptors (Lipinski definition) is 4. The second-order valence-electron chi connectivity index (χ2n) is 4.88. The van der Waals surface area contributed by atoms with Crippen molar-refractivity contribution in [2.75, 3.05) is 11.9 Å². The molecule has 1 aliphatic rings. The Morgan fingerprint density at radius 2 is 1.90 bits per heavy atom. The van der Waals surface area contributed by atoms with E-state index in [-0.39, 0.29) is 11.9 Å². The second kappa shape index (κ2) is 5.69. The topological polar surface area (TPSA) is 58.1 Å². The molecule has 0 aliphatic carbocycles. The maximum absolute atomic E-state index is 12.0. The minimum Gasteiger partial charge on any atom is -0.349 e. The van der Waals surface area contributed by atoms with Crippen LogP contribution in [-0.4, -0.2) is 33.4 Å². The van der Waals surface area contributed by atoms with Crippen molar-refractivity contribution < 1.29 is 4.79 Å². The summed E-state index contributed by atoms with van der Waals surface area (Å²) in [5, 5.41) is 3.20. The average Bonchev–Trinajstić information content (AvgIpc) is 2.81. The number of carbonyl (C=O) groups is 1. The summed E-state index contributed by atoms with van der Waals surface area (Å²) in [5.41, 5.74) is 1.15. The smallest absolute Gasteiger partial charge is 0.225 e. The highest BCUT2D eigenvalue weighted by Crippen LogP contribution is 2.17. The predicted molar refractivity (Wildman–Crippen MR) is 75.9 cm³/mol. The van der Waals surface area contributed by atoms with Crippen LogP contribution in [0.2, 0.25) is 0 Å². The molecule has 2 heterocycles. The molecule has 1 aliphatic heterocycles. The van der Waals surface area contributed by atoms with E-state index < -0.39 is 0 Å². The number of aromatic nitrogens is 2. The van der Waals surface area contributed by atoms with E-state index >= 15 is 0 Å². The first-order chi connectivity index (χ1) is 9.81. The van der Waals surface area contributed by atoms with Gasteiger partial charge in [-0.2, -0.15) is 0 Å². The summed E-state index contributed by atoms with van der Waals surface area (Å²) in [5.74, 6) is 0.745. The largest absolute Gasteiger partial charge is 0.349 e. The van der Waals surface area contributed by atoms with E-state index in [2.05, 4.69) is 15.3 Å². The molecule has 2 aromatic rings. The Morgan fingerprint density at radius 3 is 2.65 bits per heavy atom. The van der Waals surface area contributed by atoms with Crippen LogP contribution in [0.4, 0.5) is 5.95 Å². The van der Waals surface area contributed by atoms with Crippen molar-refractivity contribution in [1.82, 2.24) is 14.9 Å². The summed E-state index contributed by atoms with van der Waals surface area (Å²) in [6, 6.07) is 11.9. The molecule has 0 radical (unpaired) electrons. The third kappa shape index (κ3) is 2.93. The van der Waals surface area contributed by atoms with Crippen LogP contribution in [0, 0.1) is 0 Å². The minimum atomic E-state index is 0.0774. The Kier molecular flexibility index (Phi) is 3.58. The van der Waals surface area contributed by atoms with E-state index in [9.17, 15) is 4.79 Å². The fourth-order valence-corrected chi connectivity index (χ4v) is 2.38. The van der Waals surface area contributed by atoms with Crippen LogP contribution in [0.15, 0.2) is 48.8 Å². The molecule has 0 saturated carbocycles. The summed E-state index contributed by atoms with van der Waals surface area (Å²) in [7, 11) is 0. The number of hydrogen-bond donors (Lipinski definition) is 1. The average molecular weight is 268 g/mol. The van der Waals surface area contributed by atoms with Crippen LogP contribution in [0.5, 0.6) is 0 Å². The molecule has 1 fully saturated rings. The molecular formula is C15H16N4O. The number of likely N-dealkylation sites (tertiary alicyclic amines) is 1. The van der Waals surface area contributed by atoms with Crippen LogP contribution in [0.25, 0.3) is 0 Å². The molecule has 5 heteroatoms. The molecule has 1 atom stereocenters. The molecule has 0 bridgehead atoms. The maximum Gasteiger partial charge on any atom is 0.225 e. The van der Waals surface area contributed by atoms with Crippen molar-refractivity contribution in [2.45, 2.75) is 19.0 Å². The van der Waals surface area contributed by atoms with Gasteiger partial charge in [0, 0.05) is 31.9 Å².